The summed E-state index contributed by atoms with van der Waals surface area (Å²) in [4.78, 5) is 0. The Bertz CT molecular complexity index is 557. The summed E-state index contributed by atoms with van der Waals surface area (Å²) < 4.78 is 6.00. The van der Waals surface area contributed by atoms with Crippen molar-refractivity contribution < 1.29 is 4.74 Å². The Labute approximate surface area is 128 Å². The number of rotatable bonds is 7. The second-order valence-corrected chi connectivity index (χ2v) is 6.62. The molecular formula is C14H19N3OS2. The van der Waals surface area contributed by atoms with Crippen molar-refractivity contribution in [2.45, 2.75) is 24.6 Å². The number of benzene rings is 1. The number of aromatic nitrogens is 2. The van der Waals surface area contributed by atoms with E-state index in [0.29, 0.717) is 0 Å². The van der Waals surface area contributed by atoms with E-state index in [-0.39, 0.29) is 0 Å². The van der Waals surface area contributed by atoms with Crippen LogP contribution >= 0.6 is 23.1 Å². The van der Waals surface area contributed by atoms with Gasteiger partial charge in [0.25, 0.3) is 0 Å². The fourth-order valence-electron chi connectivity index (χ4n) is 1.84. The van der Waals surface area contributed by atoms with Gasteiger partial charge in [-0.1, -0.05) is 48.2 Å². The van der Waals surface area contributed by atoms with Crippen molar-refractivity contribution in [1.82, 2.24) is 10.2 Å². The molecule has 0 saturated carbocycles. The minimum absolute atomic E-state index is 0.727. The molecule has 0 spiro atoms. The third kappa shape index (κ3) is 3.94. The Morgan fingerprint density at radius 3 is 2.95 bits per heavy atom. The lowest BCUT2D eigenvalue weighted by Gasteiger charge is -2.11. The van der Waals surface area contributed by atoms with Gasteiger partial charge < -0.3 is 10.1 Å². The molecule has 0 radical (unpaired) electrons. The van der Waals surface area contributed by atoms with Gasteiger partial charge in [-0.05, 0) is 24.5 Å². The molecule has 1 aromatic carbocycles. The summed E-state index contributed by atoms with van der Waals surface area (Å²) in [6.45, 7) is 4.99. The maximum absolute atomic E-state index is 5.03. The Hall–Kier alpha value is -1.11. The molecule has 0 aliphatic rings. The molecule has 108 valence electrons. The predicted octanol–water partition coefficient (Wildman–Crippen LogP) is 3.89. The summed E-state index contributed by atoms with van der Waals surface area (Å²) in [7, 11) is 1.71. The van der Waals surface area contributed by atoms with E-state index >= 15 is 0 Å². The molecule has 2 aromatic rings. The van der Waals surface area contributed by atoms with Crippen molar-refractivity contribution >= 4 is 33.9 Å². The summed E-state index contributed by atoms with van der Waals surface area (Å²) in [6, 6.07) is 6.34. The molecular weight excluding hydrogens is 290 g/mol. The van der Waals surface area contributed by atoms with Crippen LogP contribution in [0, 0.1) is 6.92 Å². The number of thioether (sulfide) groups is 1. The molecule has 1 aromatic heterocycles. The van der Waals surface area contributed by atoms with Crippen LogP contribution in [0.4, 0.5) is 10.8 Å². The normalized spacial score (nSPS) is 10.8. The molecule has 2 rings (SSSR count). The quantitative estimate of drug-likeness (QED) is 0.621. The lowest BCUT2D eigenvalue weighted by atomic mass is 10.1. The smallest absolute Gasteiger partial charge is 0.210 e. The van der Waals surface area contributed by atoms with Crippen LogP contribution in [0.25, 0.3) is 0 Å². The van der Waals surface area contributed by atoms with Gasteiger partial charge in [0.15, 0.2) is 4.34 Å². The zero-order valence-corrected chi connectivity index (χ0v) is 13.6. The van der Waals surface area contributed by atoms with Gasteiger partial charge in [-0.25, -0.2) is 0 Å². The van der Waals surface area contributed by atoms with Crippen LogP contribution in [0.2, 0.25) is 0 Å². The van der Waals surface area contributed by atoms with Crippen LogP contribution in [0.3, 0.4) is 0 Å². The predicted molar refractivity (Wildman–Crippen MR) is 86.3 cm³/mol. The molecule has 0 fully saturated rings. The minimum Gasteiger partial charge on any atom is -0.384 e. The van der Waals surface area contributed by atoms with Gasteiger partial charge in [-0.15, -0.1) is 10.2 Å². The van der Waals surface area contributed by atoms with Gasteiger partial charge in [-0.3, -0.25) is 0 Å². The summed E-state index contributed by atoms with van der Waals surface area (Å²) in [5.74, 6) is 0.899. The Morgan fingerprint density at radius 2 is 2.20 bits per heavy atom. The SMILES string of the molecule is CCc1cccc(C)c1Nc1nnc(SCCOC)s1. The Kier molecular flexibility index (Phi) is 5.82. The molecule has 0 aliphatic carbocycles. The number of nitrogens with one attached hydrogen (secondary N) is 1. The van der Waals surface area contributed by atoms with E-state index in [1.165, 1.54) is 11.1 Å². The maximum atomic E-state index is 5.03. The molecule has 0 atom stereocenters. The highest BCUT2D eigenvalue weighted by atomic mass is 32.2. The first kappa shape index (κ1) is 15.3. The molecule has 0 aliphatic heterocycles. The van der Waals surface area contributed by atoms with E-state index in [1.54, 1.807) is 30.2 Å². The average Bonchev–Trinajstić information content (AvgIpc) is 2.89. The monoisotopic (exact) mass is 309 g/mol. The number of ether oxygens (including phenoxy) is 1. The van der Waals surface area contributed by atoms with Crippen molar-refractivity contribution in [2.75, 3.05) is 24.8 Å². The molecule has 4 nitrogen and oxygen atoms in total. The van der Waals surface area contributed by atoms with Crippen LogP contribution in [0.1, 0.15) is 18.1 Å². The van der Waals surface area contributed by atoms with Gasteiger partial charge in [0.2, 0.25) is 5.13 Å². The fraction of sp³-hybridized carbons (Fsp3) is 0.429. The standard InChI is InChI=1S/C14H19N3OS2/c1-4-11-7-5-6-10(2)12(11)15-13-16-17-14(20-13)19-9-8-18-3/h5-7H,4,8-9H2,1-3H3,(H,15,16). The molecule has 1 heterocycles. The summed E-state index contributed by atoms with van der Waals surface area (Å²) in [6.07, 6.45) is 0.998. The van der Waals surface area contributed by atoms with E-state index in [9.17, 15) is 0 Å². The lowest BCUT2D eigenvalue weighted by Crippen LogP contribution is -1.97. The lowest BCUT2D eigenvalue weighted by molar-refractivity contribution is 0.218. The van der Waals surface area contributed by atoms with Crippen LogP contribution in [0.15, 0.2) is 22.5 Å². The summed E-state index contributed by atoms with van der Waals surface area (Å²) in [5, 5.41) is 12.6. The van der Waals surface area contributed by atoms with Gasteiger partial charge in [0.05, 0.1) is 6.61 Å². The topological polar surface area (TPSA) is 47.0 Å². The zero-order valence-electron chi connectivity index (χ0n) is 12.0. The molecule has 0 amide bonds. The third-order valence-corrected chi connectivity index (χ3v) is 4.83. The van der Waals surface area contributed by atoms with Crippen molar-refractivity contribution in [3.8, 4) is 0 Å². The van der Waals surface area contributed by atoms with Gasteiger partial charge in [0.1, 0.15) is 0 Å². The van der Waals surface area contributed by atoms with E-state index in [0.717, 1.165) is 33.9 Å². The largest absolute Gasteiger partial charge is 0.384 e. The third-order valence-electron chi connectivity index (χ3n) is 2.89. The van der Waals surface area contributed by atoms with Crippen molar-refractivity contribution in [3.05, 3.63) is 29.3 Å². The Balaban J connectivity index is 2.07. The highest BCUT2D eigenvalue weighted by Crippen LogP contribution is 2.30. The second-order valence-electron chi connectivity index (χ2n) is 4.30. The first-order chi connectivity index (χ1) is 9.74. The minimum atomic E-state index is 0.727. The number of para-hydroxylation sites is 1. The first-order valence-corrected chi connectivity index (χ1v) is 8.35. The highest BCUT2D eigenvalue weighted by Gasteiger charge is 2.09. The Morgan fingerprint density at radius 1 is 1.35 bits per heavy atom. The number of hydrogen-bond donors (Lipinski definition) is 1. The fourth-order valence-corrected chi connectivity index (χ4v) is 3.57. The number of anilines is 2. The highest BCUT2D eigenvalue weighted by molar-refractivity contribution is 8.01. The van der Waals surface area contributed by atoms with E-state index in [1.807, 2.05) is 0 Å². The van der Waals surface area contributed by atoms with Crippen molar-refractivity contribution in [1.29, 1.82) is 0 Å². The van der Waals surface area contributed by atoms with Crippen LogP contribution in [-0.4, -0.2) is 29.7 Å². The summed E-state index contributed by atoms with van der Waals surface area (Å²) >= 11 is 3.25. The van der Waals surface area contributed by atoms with Gasteiger partial charge in [-0.2, -0.15) is 0 Å². The van der Waals surface area contributed by atoms with E-state index < -0.39 is 0 Å². The van der Waals surface area contributed by atoms with Crippen LogP contribution in [-0.2, 0) is 11.2 Å². The molecule has 20 heavy (non-hydrogen) atoms. The average molecular weight is 309 g/mol. The molecule has 6 heteroatoms. The zero-order chi connectivity index (χ0) is 14.4. The summed E-state index contributed by atoms with van der Waals surface area (Å²) in [5.41, 5.74) is 3.68. The molecule has 0 saturated heterocycles. The molecule has 0 unspecified atom stereocenters. The van der Waals surface area contributed by atoms with Crippen molar-refractivity contribution in [2.24, 2.45) is 0 Å². The van der Waals surface area contributed by atoms with E-state index in [2.05, 4.69) is 47.6 Å². The first-order valence-electron chi connectivity index (χ1n) is 6.55. The number of methoxy groups -OCH3 is 1. The van der Waals surface area contributed by atoms with Crippen molar-refractivity contribution in [3.63, 3.8) is 0 Å². The molecule has 0 bridgehead atoms. The number of nitrogens with zero attached hydrogens (tertiary/aromatic N) is 2. The van der Waals surface area contributed by atoms with Gasteiger partial charge >= 0.3 is 0 Å². The second kappa shape index (κ2) is 7.61. The van der Waals surface area contributed by atoms with Crippen LogP contribution < -0.4 is 5.32 Å². The maximum Gasteiger partial charge on any atom is 0.210 e. The number of hydrogen-bond acceptors (Lipinski definition) is 6. The van der Waals surface area contributed by atoms with E-state index in [4.69, 9.17) is 4.74 Å². The van der Waals surface area contributed by atoms with Gasteiger partial charge in [0, 0.05) is 18.6 Å². The van der Waals surface area contributed by atoms with Crippen LogP contribution in [0.5, 0.6) is 0 Å². The number of aryl methyl sites for hydroxylation is 2. The molecule has 1 N–H and O–H groups in total.